The molecule has 0 bridgehead atoms. The first-order valence-corrected chi connectivity index (χ1v) is 6.09. The summed E-state index contributed by atoms with van der Waals surface area (Å²) in [6.07, 6.45) is 3.00. The second-order valence-corrected chi connectivity index (χ2v) is 4.43. The van der Waals surface area contributed by atoms with E-state index in [0.29, 0.717) is 32.2 Å². The molecule has 1 aliphatic heterocycles. The average Bonchev–Trinajstić information content (AvgIpc) is 2.59. The summed E-state index contributed by atoms with van der Waals surface area (Å²) >= 11 is 0. The van der Waals surface area contributed by atoms with Crippen molar-refractivity contribution in [1.82, 2.24) is 4.90 Å². The van der Waals surface area contributed by atoms with Crippen molar-refractivity contribution in [3.63, 3.8) is 0 Å². The van der Waals surface area contributed by atoms with E-state index in [0.717, 1.165) is 6.42 Å². The van der Waals surface area contributed by atoms with Gasteiger partial charge in [-0.05, 0) is 18.8 Å². The molecule has 0 aromatic rings. The molecule has 0 radical (unpaired) electrons. The second-order valence-electron chi connectivity index (χ2n) is 4.43. The number of carboxylic acid groups (broad SMARTS) is 1. The molecular weight excluding hydrogens is 222 g/mol. The molecule has 1 N–H and O–H groups in total. The van der Waals surface area contributed by atoms with E-state index >= 15 is 0 Å². The van der Waals surface area contributed by atoms with E-state index < -0.39 is 5.97 Å². The lowest BCUT2D eigenvalue weighted by Gasteiger charge is -2.18. The molecule has 0 aliphatic carbocycles. The monoisotopic (exact) mass is 241 g/mol. The molecule has 5 nitrogen and oxygen atoms in total. The third-order valence-electron chi connectivity index (χ3n) is 3.26. The standard InChI is InChI=1S/C12H19NO4/c1-2-9(3-6-12(16)17)7-8-13-10(14)4-5-11(13)15/h9H,2-8H2,1H3,(H,16,17). The predicted molar refractivity (Wildman–Crippen MR) is 61.2 cm³/mol. The van der Waals surface area contributed by atoms with Gasteiger partial charge in [-0.15, -0.1) is 0 Å². The van der Waals surface area contributed by atoms with E-state index in [1.807, 2.05) is 6.92 Å². The maximum Gasteiger partial charge on any atom is 0.303 e. The van der Waals surface area contributed by atoms with E-state index in [9.17, 15) is 14.4 Å². The van der Waals surface area contributed by atoms with Gasteiger partial charge >= 0.3 is 5.97 Å². The lowest BCUT2D eigenvalue weighted by molar-refractivity contribution is -0.140. The largest absolute Gasteiger partial charge is 0.481 e. The third kappa shape index (κ3) is 4.17. The first kappa shape index (κ1) is 13.7. The summed E-state index contributed by atoms with van der Waals surface area (Å²) in [6.45, 7) is 2.44. The molecule has 1 saturated heterocycles. The lowest BCUT2D eigenvalue weighted by atomic mass is 9.96. The summed E-state index contributed by atoms with van der Waals surface area (Å²) in [4.78, 5) is 34.5. The number of hydrogen-bond acceptors (Lipinski definition) is 3. The van der Waals surface area contributed by atoms with Gasteiger partial charge in [-0.2, -0.15) is 0 Å². The number of imide groups is 1. The average molecular weight is 241 g/mol. The smallest absolute Gasteiger partial charge is 0.303 e. The maximum atomic E-state index is 11.4. The molecule has 2 amide bonds. The summed E-state index contributed by atoms with van der Waals surface area (Å²) in [5, 5.41) is 8.60. The highest BCUT2D eigenvalue weighted by molar-refractivity contribution is 6.01. The van der Waals surface area contributed by atoms with Gasteiger partial charge < -0.3 is 5.11 Å². The molecular formula is C12H19NO4. The molecule has 0 saturated carbocycles. The van der Waals surface area contributed by atoms with Crippen molar-refractivity contribution in [3.8, 4) is 0 Å². The summed E-state index contributed by atoms with van der Waals surface area (Å²) in [7, 11) is 0. The molecule has 1 atom stereocenters. The Morgan fingerprint density at radius 2 is 1.88 bits per heavy atom. The van der Waals surface area contributed by atoms with Crippen molar-refractivity contribution in [2.45, 2.75) is 45.4 Å². The number of hydrogen-bond donors (Lipinski definition) is 1. The van der Waals surface area contributed by atoms with Crippen molar-refractivity contribution >= 4 is 17.8 Å². The van der Waals surface area contributed by atoms with Crippen LogP contribution < -0.4 is 0 Å². The Hall–Kier alpha value is -1.39. The number of rotatable bonds is 7. The molecule has 1 fully saturated rings. The van der Waals surface area contributed by atoms with Crippen LogP contribution in [0.5, 0.6) is 0 Å². The van der Waals surface area contributed by atoms with Gasteiger partial charge in [0.05, 0.1) is 0 Å². The first-order chi connectivity index (χ1) is 8.04. The fourth-order valence-corrected chi connectivity index (χ4v) is 2.06. The maximum absolute atomic E-state index is 11.4. The summed E-state index contributed by atoms with van der Waals surface area (Å²) < 4.78 is 0. The molecule has 0 spiro atoms. The summed E-state index contributed by atoms with van der Waals surface area (Å²) in [5.41, 5.74) is 0. The Morgan fingerprint density at radius 3 is 2.35 bits per heavy atom. The molecule has 17 heavy (non-hydrogen) atoms. The van der Waals surface area contributed by atoms with E-state index in [2.05, 4.69) is 0 Å². The van der Waals surface area contributed by atoms with Gasteiger partial charge in [0.15, 0.2) is 0 Å². The predicted octanol–water partition coefficient (Wildman–Crippen LogP) is 1.42. The Balaban J connectivity index is 2.34. The first-order valence-electron chi connectivity index (χ1n) is 6.09. The number of aliphatic carboxylic acids is 1. The Labute approximate surface area is 101 Å². The van der Waals surface area contributed by atoms with Crippen LogP contribution in [0, 0.1) is 5.92 Å². The minimum absolute atomic E-state index is 0.0944. The zero-order valence-electron chi connectivity index (χ0n) is 10.1. The molecule has 1 heterocycles. The number of carbonyl (C=O) groups excluding carboxylic acids is 2. The molecule has 5 heteroatoms. The minimum atomic E-state index is -0.795. The molecule has 0 aromatic heterocycles. The number of carboxylic acids is 1. The lowest BCUT2D eigenvalue weighted by Crippen LogP contribution is -2.31. The Kier molecular flexibility index (Phi) is 5.12. The van der Waals surface area contributed by atoms with Crippen molar-refractivity contribution < 1.29 is 19.5 Å². The highest BCUT2D eigenvalue weighted by Gasteiger charge is 2.28. The van der Waals surface area contributed by atoms with E-state index in [1.165, 1.54) is 4.90 Å². The van der Waals surface area contributed by atoms with Crippen LogP contribution in [-0.4, -0.2) is 34.3 Å². The SMILES string of the molecule is CCC(CCC(=O)O)CCN1C(=O)CCC1=O. The van der Waals surface area contributed by atoms with Gasteiger partial charge in [-0.1, -0.05) is 13.3 Å². The van der Waals surface area contributed by atoms with Gasteiger partial charge in [0.2, 0.25) is 11.8 Å². The zero-order valence-corrected chi connectivity index (χ0v) is 10.1. The van der Waals surface area contributed by atoms with Crippen molar-refractivity contribution in [2.24, 2.45) is 5.92 Å². The fourth-order valence-electron chi connectivity index (χ4n) is 2.06. The molecule has 0 aromatic carbocycles. The van der Waals surface area contributed by atoms with E-state index in [4.69, 9.17) is 5.11 Å². The van der Waals surface area contributed by atoms with Gasteiger partial charge in [0.25, 0.3) is 0 Å². The van der Waals surface area contributed by atoms with Crippen LogP contribution in [0.4, 0.5) is 0 Å². The Morgan fingerprint density at radius 1 is 1.29 bits per heavy atom. The summed E-state index contributed by atoms with van der Waals surface area (Å²) in [6, 6.07) is 0. The Bertz CT molecular complexity index is 298. The van der Waals surface area contributed by atoms with Crippen molar-refractivity contribution in [3.05, 3.63) is 0 Å². The van der Waals surface area contributed by atoms with Gasteiger partial charge in [-0.25, -0.2) is 0 Å². The van der Waals surface area contributed by atoms with Crippen LogP contribution in [0.25, 0.3) is 0 Å². The molecule has 1 rings (SSSR count). The molecule has 96 valence electrons. The molecule has 1 unspecified atom stereocenters. The number of nitrogens with zero attached hydrogens (tertiary/aromatic N) is 1. The van der Waals surface area contributed by atoms with Crippen LogP contribution in [0.1, 0.15) is 45.4 Å². The second kappa shape index (κ2) is 6.37. The van der Waals surface area contributed by atoms with E-state index in [-0.39, 0.29) is 24.2 Å². The number of likely N-dealkylation sites (tertiary alicyclic amines) is 1. The summed E-state index contributed by atoms with van der Waals surface area (Å²) in [5.74, 6) is -0.713. The topological polar surface area (TPSA) is 74.7 Å². The van der Waals surface area contributed by atoms with Gasteiger partial charge in [-0.3, -0.25) is 19.3 Å². The number of amides is 2. The van der Waals surface area contributed by atoms with Crippen LogP contribution in [0.2, 0.25) is 0 Å². The zero-order chi connectivity index (χ0) is 12.8. The van der Waals surface area contributed by atoms with Crippen LogP contribution in [-0.2, 0) is 14.4 Å². The minimum Gasteiger partial charge on any atom is -0.481 e. The highest BCUT2D eigenvalue weighted by Crippen LogP contribution is 2.19. The van der Waals surface area contributed by atoms with Crippen molar-refractivity contribution in [1.29, 1.82) is 0 Å². The van der Waals surface area contributed by atoms with Crippen LogP contribution in [0.15, 0.2) is 0 Å². The van der Waals surface area contributed by atoms with Gasteiger partial charge in [0, 0.05) is 25.8 Å². The van der Waals surface area contributed by atoms with Crippen LogP contribution >= 0.6 is 0 Å². The van der Waals surface area contributed by atoms with Crippen LogP contribution in [0.3, 0.4) is 0 Å². The quantitative estimate of drug-likeness (QED) is 0.684. The third-order valence-corrected chi connectivity index (χ3v) is 3.26. The van der Waals surface area contributed by atoms with E-state index in [1.54, 1.807) is 0 Å². The molecule has 1 aliphatic rings. The van der Waals surface area contributed by atoms with Gasteiger partial charge in [0.1, 0.15) is 0 Å². The normalized spacial score (nSPS) is 17.6. The highest BCUT2D eigenvalue weighted by atomic mass is 16.4. The number of carbonyl (C=O) groups is 3. The fraction of sp³-hybridized carbons (Fsp3) is 0.750. The van der Waals surface area contributed by atoms with Crippen molar-refractivity contribution in [2.75, 3.05) is 6.54 Å².